The second-order valence-electron chi connectivity index (χ2n) is 6.96. The molecule has 1 amide bonds. The fourth-order valence-electron chi connectivity index (χ4n) is 3.17. The number of carbonyl (C=O) groups is 1. The number of aryl methyl sites for hydroxylation is 1. The summed E-state index contributed by atoms with van der Waals surface area (Å²) in [6.07, 6.45) is 2.61. The zero-order chi connectivity index (χ0) is 16.3. The zero-order valence-corrected chi connectivity index (χ0v) is 14.6. The molecule has 22 heavy (non-hydrogen) atoms. The number of hydrogen-bond acceptors (Lipinski definition) is 3. The van der Waals surface area contributed by atoms with Crippen molar-refractivity contribution < 1.29 is 4.79 Å². The van der Waals surface area contributed by atoms with Crippen molar-refractivity contribution in [3.8, 4) is 0 Å². The molecule has 2 atom stereocenters. The van der Waals surface area contributed by atoms with Gasteiger partial charge in [0.25, 0.3) is 0 Å². The van der Waals surface area contributed by atoms with E-state index in [-0.39, 0.29) is 11.9 Å². The van der Waals surface area contributed by atoms with Crippen molar-refractivity contribution in [3.63, 3.8) is 0 Å². The van der Waals surface area contributed by atoms with Crippen molar-refractivity contribution in [3.05, 3.63) is 17.0 Å². The van der Waals surface area contributed by atoms with E-state index in [0.717, 1.165) is 42.9 Å². The van der Waals surface area contributed by atoms with E-state index in [2.05, 4.69) is 43.4 Å². The molecule has 0 aromatic carbocycles. The van der Waals surface area contributed by atoms with Crippen LogP contribution in [0.2, 0.25) is 0 Å². The lowest BCUT2D eigenvalue weighted by atomic mass is 9.99. The van der Waals surface area contributed by atoms with E-state index in [1.165, 1.54) is 0 Å². The second kappa shape index (κ2) is 7.27. The van der Waals surface area contributed by atoms with Crippen LogP contribution in [-0.2, 0) is 17.8 Å². The highest BCUT2D eigenvalue weighted by atomic mass is 16.1. The molecule has 5 nitrogen and oxygen atoms in total. The van der Waals surface area contributed by atoms with Gasteiger partial charge in [0.15, 0.2) is 0 Å². The molecule has 2 N–H and O–H groups in total. The summed E-state index contributed by atoms with van der Waals surface area (Å²) in [6.45, 7) is 12.5. The maximum atomic E-state index is 12.4. The zero-order valence-electron chi connectivity index (χ0n) is 14.6. The summed E-state index contributed by atoms with van der Waals surface area (Å²) in [5.41, 5.74) is 3.17. The molecule has 1 aliphatic rings. The Bertz CT molecular complexity index is 521. The number of piperidine rings is 1. The number of aromatic nitrogens is 2. The van der Waals surface area contributed by atoms with Crippen LogP contribution in [0.1, 0.15) is 50.6 Å². The van der Waals surface area contributed by atoms with Crippen LogP contribution in [0.3, 0.4) is 0 Å². The number of nitrogens with zero attached hydrogens (tertiary/aromatic N) is 2. The summed E-state index contributed by atoms with van der Waals surface area (Å²) < 4.78 is 2.04. The van der Waals surface area contributed by atoms with Crippen LogP contribution >= 0.6 is 0 Å². The van der Waals surface area contributed by atoms with E-state index >= 15 is 0 Å². The third kappa shape index (κ3) is 4.09. The molecule has 124 valence electrons. The molecule has 1 aliphatic heterocycles. The molecular weight excluding hydrogens is 276 g/mol. The summed E-state index contributed by atoms with van der Waals surface area (Å²) in [6, 6.07) is 0.594. The van der Waals surface area contributed by atoms with Crippen molar-refractivity contribution in [1.29, 1.82) is 0 Å². The van der Waals surface area contributed by atoms with Crippen LogP contribution in [0.15, 0.2) is 0 Å². The fraction of sp³-hybridized carbons (Fsp3) is 0.765. The highest BCUT2D eigenvalue weighted by Gasteiger charge is 2.23. The van der Waals surface area contributed by atoms with Crippen LogP contribution in [0.5, 0.6) is 0 Å². The first-order valence-corrected chi connectivity index (χ1v) is 8.44. The maximum Gasteiger partial charge on any atom is 0.224 e. The number of hydrogen-bond donors (Lipinski definition) is 2. The Morgan fingerprint density at radius 3 is 2.82 bits per heavy atom. The Balaban J connectivity index is 2.00. The van der Waals surface area contributed by atoms with Gasteiger partial charge in [-0.15, -0.1) is 0 Å². The predicted octanol–water partition coefficient (Wildman–Crippen LogP) is 1.96. The minimum Gasteiger partial charge on any atom is -0.352 e. The van der Waals surface area contributed by atoms with Crippen LogP contribution in [-0.4, -0.2) is 34.3 Å². The summed E-state index contributed by atoms with van der Waals surface area (Å²) in [5.74, 6) is 0.657. The first-order chi connectivity index (χ1) is 10.4. The third-order valence-electron chi connectivity index (χ3n) is 4.51. The lowest BCUT2D eigenvalue weighted by Gasteiger charge is -2.30. The van der Waals surface area contributed by atoms with Gasteiger partial charge in [-0.25, -0.2) is 0 Å². The van der Waals surface area contributed by atoms with Gasteiger partial charge in [0.05, 0.1) is 12.1 Å². The number of amides is 1. The average Bonchev–Trinajstić information content (AvgIpc) is 2.68. The van der Waals surface area contributed by atoms with Crippen molar-refractivity contribution in [1.82, 2.24) is 20.4 Å². The molecule has 5 heteroatoms. The molecule has 2 rings (SSSR count). The van der Waals surface area contributed by atoms with Gasteiger partial charge in [-0.3, -0.25) is 9.48 Å². The molecule has 2 unspecified atom stereocenters. The van der Waals surface area contributed by atoms with Gasteiger partial charge < -0.3 is 10.6 Å². The minimum atomic E-state index is 0.107. The Kier molecular flexibility index (Phi) is 5.62. The molecule has 1 aromatic rings. The van der Waals surface area contributed by atoms with Gasteiger partial charge in [0.2, 0.25) is 5.91 Å². The molecule has 0 spiro atoms. The highest BCUT2D eigenvalue weighted by molar-refractivity contribution is 5.79. The van der Waals surface area contributed by atoms with Crippen LogP contribution in [0.4, 0.5) is 0 Å². The van der Waals surface area contributed by atoms with E-state index in [0.29, 0.717) is 18.4 Å². The lowest BCUT2D eigenvalue weighted by molar-refractivity contribution is -0.121. The van der Waals surface area contributed by atoms with Crippen molar-refractivity contribution in [2.75, 3.05) is 6.54 Å². The summed E-state index contributed by atoms with van der Waals surface area (Å²) >= 11 is 0. The van der Waals surface area contributed by atoms with Gasteiger partial charge in [-0.2, -0.15) is 5.10 Å². The Morgan fingerprint density at radius 1 is 1.45 bits per heavy atom. The second-order valence-corrected chi connectivity index (χ2v) is 6.96. The van der Waals surface area contributed by atoms with Gasteiger partial charge in [-0.05, 0) is 46.1 Å². The average molecular weight is 306 g/mol. The molecule has 0 bridgehead atoms. The van der Waals surface area contributed by atoms with Gasteiger partial charge in [0, 0.05) is 29.9 Å². The van der Waals surface area contributed by atoms with Crippen LogP contribution < -0.4 is 10.6 Å². The normalized spacial score (nSPS) is 22.1. The third-order valence-corrected chi connectivity index (χ3v) is 4.51. The molecule has 0 saturated carbocycles. The van der Waals surface area contributed by atoms with Gasteiger partial charge >= 0.3 is 0 Å². The summed E-state index contributed by atoms with van der Waals surface area (Å²) in [5, 5.41) is 11.2. The van der Waals surface area contributed by atoms with E-state index in [9.17, 15) is 4.79 Å². The molecule has 2 heterocycles. The van der Waals surface area contributed by atoms with Crippen molar-refractivity contribution in [2.24, 2.45) is 5.92 Å². The molecular formula is C17H30N4O. The van der Waals surface area contributed by atoms with E-state index in [4.69, 9.17) is 0 Å². The van der Waals surface area contributed by atoms with E-state index < -0.39 is 0 Å². The maximum absolute atomic E-state index is 12.4. The highest BCUT2D eigenvalue weighted by Crippen LogP contribution is 2.16. The Hall–Kier alpha value is -1.36. The Labute approximate surface area is 133 Å². The van der Waals surface area contributed by atoms with E-state index in [1.807, 2.05) is 11.6 Å². The molecule has 0 radical (unpaired) electrons. The smallest absolute Gasteiger partial charge is 0.224 e. The number of nitrogens with one attached hydrogen (secondary N) is 2. The predicted molar refractivity (Wildman–Crippen MR) is 88.9 cm³/mol. The van der Waals surface area contributed by atoms with Gasteiger partial charge in [0.1, 0.15) is 0 Å². The van der Waals surface area contributed by atoms with Crippen LogP contribution in [0, 0.1) is 19.8 Å². The monoisotopic (exact) mass is 306 g/mol. The minimum absolute atomic E-state index is 0.107. The quantitative estimate of drug-likeness (QED) is 0.874. The fourth-order valence-corrected chi connectivity index (χ4v) is 3.17. The molecule has 1 fully saturated rings. The molecule has 0 aliphatic carbocycles. The Morgan fingerprint density at radius 2 is 2.18 bits per heavy atom. The standard InChI is InChI=1S/C17H30N4O/c1-11(2)10-21-14(5)15(12(3)20-21)9-17(22)19-16-7-6-8-18-13(16)4/h11,13,16,18H,6-10H2,1-5H3,(H,19,22). The van der Waals surface area contributed by atoms with Crippen molar-refractivity contribution >= 4 is 5.91 Å². The lowest BCUT2D eigenvalue weighted by Crippen LogP contribution is -2.52. The summed E-state index contributed by atoms with van der Waals surface area (Å²) in [4.78, 5) is 12.4. The number of rotatable bonds is 5. The first kappa shape index (κ1) is 17.0. The first-order valence-electron chi connectivity index (χ1n) is 8.44. The van der Waals surface area contributed by atoms with Crippen molar-refractivity contribution in [2.45, 2.75) is 72.5 Å². The molecule has 1 saturated heterocycles. The topological polar surface area (TPSA) is 59.0 Å². The molecule has 1 aromatic heterocycles. The van der Waals surface area contributed by atoms with Gasteiger partial charge in [-0.1, -0.05) is 13.8 Å². The summed E-state index contributed by atoms with van der Waals surface area (Å²) in [7, 11) is 0. The largest absolute Gasteiger partial charge is 0.352 e. The van der Waals surface area contributed by atoms with E-state index in [1.54, 1.807) is 0 Å². The SMILES string of the molecule is Cc1nn(CC(C)C)c(C)c1CC(=O)NC1CCCNC1C. The van der Waals surface area contributed by atoms with Crippen LogP contribution in [0.25, 0.3) is 0 Å². The number of carbonyl (C=O) groups excluding carboxylic acids is 1.